The molecule has 2 atom stereocenters. The van der Waals surface area contributed by atoms with Gasteiger partial charge in [0.25, 0.3) is 0 Å². The van der Waals surface area contributed by atoms with Gasteiger partial charge in [0.15, 0.2) is 5.78 Å². The minimum Gasteiger partial charge on any atom is -0.295 e. The largest absolute Gasteiger partial charge is 0.295 e. The average molecular weight is 164 g/mol. The molecule has 0 aliphatic heterocycles. The van der Waals surface area contributed by atoms with Gasteiger partial charge in [0, 0.05) is 6.42 Å². The van der Waals surface area contributed by atoms with Gasteiger partial charge in [-0.2, -0.15) is 0 Å². The fraction of sp³-hybridized carbons (Fsp3) is 0.727. The number of ketones is 1. The lowest BCUT2D eigenvalue weighted by Gasteiger charge is -2.30. The number of fused-ring (bicyclic) bond motifs is 1. The quantitative estimate of drug-likeness (QED) is 0.538. The molecule has 0 spiro atoms. The van der Waals surface area contributed by atoms with Crippen LogP contribution in [0.2, 0.25) is 0 Å². The summed E-state index contributed by atoms with van der Waals surface area (Å²) in [4.78, 5) is 11.5. The highest BCUT2D eigenvalue weighted by Crippen LogP contribution is 2.36. The SMILES string of the molecule is C[C@@H]1CC=C2C(=O)CCC[C@@H]2C1. The van der Waals surface area contributed by atoms with Gasteiger partial charge in [-0.1, -0.05) is 13.0 Å². The third-order valence-corrected chi connectivity index (χ3v) is 3.15. The van der Waals surface area contributed by atoms with E-state index in [0.717, 1.165) is 25.2 Å². The molecule has 2 aliphatic carbocycles. The van der Waals surface area contributed by atoms with Crippen molar-refractivity contribution in [3.63, 3.8) is 0 Å². The van der Waals surface area contributed by atoms with Crippen molar-refractivity contribution in [2.24, 2.45) is 11.8 Å². The maximum Gasteiger partial charge on any atom is 0.158 e. The smallest absolute Gasteiger partial charge is 0.158 e. The molecule has 66 valence electrons. The summed E-state index contributed by atoms with van der Waals surface area (Å²) in [6.45, 7) is 2.28. The van der Waals surface area contributed by atoms with Crippen LogP contribution in [0, 0.1) is 11.8 Å². The molecule has 0 radical (unpaired) electrons. The summed E-state index contributed by atoms with van der Waals surface area (Å²) in [7, 11) is 0. The van der Waals surface area contributed by atoms with Crippen LogP contribution in [0.15, 0.2) is 11.6 Å². The van der Waals surface area contributed by atoms with Crippen molar-refractivity contribution in [3.05, 3.63) is 11.6 Å². The molecule has 1 heteroatoms. The molecule has 0 aromatic carbocycles. The normalized spacial score (nSPS) is 35.8. The second-order valence-electron chi connectivity index (χ2n) is 4.25. The predicted molar refractivity (Wildman–Crippen MR) is 48.8 cm³/mol. The molecule has 0 saturated heterocycles. The number of carbonyl (C=O) groups excluding carboxylic acids is 1. The molecule has 0 unspecified atom stereocenters. The van der Waals surface area contributed by atoms with Gasteiger partial charge in [-0.15, -0.1) is 0 Å². The van der Waals surface area contributed by atoms with E-state index in [9.17, 15) is 4.79 Å². The fourth-order valence-electron chi connectivity index (χ4n) is 2.47. The highest BCUT2D eigenvalue weighted by molar-refractivity contribution is 5.96. The van der Waals surface area contributed by atoms with Crippen LogP contribution in [0.1, 0.15) is 39.0 Å². The Hall–Kier alpha value is -0.590. The van der Waals surface area contributed by atoms with Crippen LogP contribution in [0.5, 0.6) is 0 Å². The van der Waals surface area contributed by atoms with E-state index >= 15 is 0 Å². The minimum absolute atomic E-state index is 0.429. The van der Waals surface area contributed by atoms with Crippen molar-refractivity contribution >= 4 is 5.78 Å². The van der Waals surface area contributed by atoms with Crippen LogP contribution in [-0.2, 0) is 4.79 Å². The van der Waals surface area contributed by atoms with Gasteiger partial charge >= 0.3 is 0 Å². The lowest BCUT2D eigenvalue weighted by molar-refractivity contribution is -0.117. The summed E-state index contributed by atoms with van der Waals surface area (Å²) in [6.07, 6.45) is 7.74. The Bertz CT molecular complexity index is 227. The van der Waals surface area contributed by atoms with Gasteiger partial charge in [0.2, 0.25) is 0 Å². The van der Waals surface area contributed by atoms with Gasteiger partial charge in [0.1, 0.15) is 0 Å². The number of allylic oxidation sites excluding steroid dienone is 2. The highest BCUT2D eigenvalue weighted by Gasteiger charge is 2.29. The third-order valence-electron chi connectivity index (χ3n) is 3.15. The van der Waals surface area contributed by atoms with Gasteiger partial charge < -0.3 is 0 Å². The Morgan fingerprint density at radius 2 is 2.33 bits per heavy atom. The molecule has 0 aromatic heterocycles. The molecule has 2 rings (SSSR count). The van der Waals surface area contributed by atoms with Crippen LogP contribution in [0.4, 0.5) is 0 Å². The van der Waals surface area contributed by atoms with Crippen molar-refractivity contribution in [2.75, 3.05) is 0 Å². The van der Waals surface area contributed by atoms with E-state index in [0.29, 0.717) is 11.7 Å². The minimum atomic E-state index is 0.429. The Kier molecular flexibility index (Phi) is 2.03. The van der Waals surface area contributed by atoms with E-state index in [1.54, 1.807) is 0 Å². The molecule has 1 fully saturated rings. The monoisotopic (exact) mass is 164 g/mol. The fourth-order valence-corrected chi connectivity index (χ4v) is 2.47. The first-order valence-electron chi connectivity index (χ1n) is 5.00. The maximum atomic E-state index is 11.5. The Morgan fingerprint density at radius 1 is 1.50 bits per heavy atom. The van der Waals surface area contributed by atoms with Crippen LogP contribution in [0.3, 0.4) is 0 Å². The van der Waals surface area contributed by atoms with E-state index in [4.69, 9.17) is 0 Å². The Morgan fingerprint density at radius 3 is 3.17 bits per heavy atom. The molecule has 1 saturated carbocycles. The van der Waals surface area contributed by atoms with Crippen molar-refractivity contribution in [1.82, 2.24) is 0 Å². The lowest BCUT2D eigenvalue weighted by Crippen LogP contribution is -2.24. The number of Topliss-reactive ketones (excluding diaryl/α,β-unsaturated/α-hetero) is 1. The van der Waals surface area contributed by atoms with Crippen LogP contribution in [0.25, 0.3) is 0 Å². The molecular formula is C11H16O. The molecule has 0 heterocycles. The highest BCUT2D eigenvalue weighted by atomic mass is 16.1. The summed E-state index contributed by atoms with van der Waals surface area (Å²) in [5.41, 5.74) is 1.17. The standard InChI is InChI=1S/C11H16O/c1-8-5-6-10-9(7-8)3-2-4-11(10)12/h6,8-9H,2-5,7H2,1H3/t8-,9-/m1/s1. The van der Waals surface area contributed by atoms with E-state index in [1.807, 2.05) is 0 Å². The van der Waals surface area contributed by atoms with E-state index in [2.05, 4.69) is 13.0 Å². The molecule has 0 aromatic rings. The van der Waals surface area contributed by atoms with Crippen molar-refractivity contribution in [2.45, 2.75) is 39.0 Å². The third kappa shape index (κ3) is 1.33. The van der Waals surface area contributed by atoms with Crippen LogP contribution >= 0.6 is 0 Å². The first-order valence-corrected chi connectivity index (χ1v) is 5.00. The van der Waals surface area contributed by atoms with E-state index in [1.165, 1.54) is 18.4 Å². The first-order chi connectivity index (χ1) is 5.77. The summed E-state index contributed by atoms with van der Waals surface area (Å²) in [6, 6.07) is 0. The van der Waals surface area contributed by atoms with Gasteiger partial charge in [-0.3, -0.25) is 4.79 Å². The first kappa shape index (κ1) is 8.03. The van der Waals surface area contributed by atoms with Gasteiger partial charge in [0.05, 0.1) is 0 Å². The zero-order valence-corrected chi connectivity index (χ0v) is 7.68. The molecule has 0 amide bonds. The number of hydrogen-bond acceptors (Lipinski definition) is 1. The van der Waals surface area contributed by atoms with Gasteiger partial charge in [-0.25, -0.2) is 0 Å². The lowest BCUT2D eigenvalue weighted by atomic mass is 9.74. The van der Waals surface area contributed by atoms with Crippen LogP contribution in [-0.4, -0.2) is 5.78 Å². The second kappa shape index (κ2) is 3.04. The number of rotatable bonds is 0. The zero-order chi connectivity index (χ0) is 8.55. The molecule has 1 nitrogen and oxygen atoms in total. The number of carbonyl (C=O) groups is 1. The number of hydrogen-bond donors (Lipinski definition) is 0. The average Bonchev–Trinajstić information content (AvgIpc) is 2.04. The summed E-state index contributed by atoms with van der Waals surface area (Å²) < 4.78 is 0. The molecular weight excluding hydrogens is 148 g/mol. The molecule has 0 bridgehead atoms. The topological polar surface area (TPSA) is 17.1 Å². The molecule has 0 N–H and O–H groups in total. The zero-order valence-electron chi connectivity index (χ0n) is 7.68. The molecule has 2 aliphatic rings. The maximum absolute atomic E-state index is 11.5. The van der Waals surface area contributed by atoms with Crippen molar-refractivity contribution in [1.29, 1.82) is 0 Å². The van der Waals surface area contributed by atoms with Gasteiger partial charge in [-0.05, 0) is 43.1 Å². The predicted octanol–water partition coefficient (Wildman–Crippen LogP) is 2.71. The van der Waals surface area contributed by atoms with Crippen molar-refractivity contribution < 1.29 is 4.79 Å². The Balaban J connectivity index is 2.19. The Labute approximate surface area is 73.8 Å². The molecule has 12 heavy (non-hydrogen) atoms. The van der Waals surface area contributed by atoms with Crippen LogP contribution < -0.4 is 0 Å². The summed E-state index contributed by atoms with van der Waals surface area (Å²) >= 11 is 0. The van der Waals surface area contributed by atoms with Crippen molar-refractivity contribution in [3.8, 4) is 0 Å². The summed E-state index contributed by atoms with van der Waals surface area (Å²) in [5.74, 6) is 1.85. The second-order valence-corrected chi connectivity index (χ2v) is 4.25. The summed E-state index contributed by atoms with van der Waals surface area (Å²) in [5, 5.41) is 0. The van der Waals surface area contributed by atoms with E-state index in [-0.39, 0.29) is 0 Å². The van der Waals surface area contributed by atoms with E-state index < -0.39 is 0 Å².